The molecule has 0 aromatic rings. The molecular formula is C11H23NO5S. The van der Waals surface area contributed by atoms with Gasteiger partial charge in [0.05, 0.1) is 6.26 Å². The molecule has 0 aromatic heterocycles. The van der Waals surface area contributed by atoms with Crippen LogP contribution in [0.4, 0.5) is 0 Å². The summed E-state index contributed by atoms with van der Waals surface area (Å²) in [6, 6.07) is -0.484. The molecule has 0 aliphatic carbocycles. The van der Waals surface area contributed by atoms with Crippen molar-refractivity contribution >= 4 is 16.1 Å². The highest BCUT2D eigenvalue weighted by atomic mass is 32.2. The Kier molecular flexibility index (Phi) is 7.42. The van der Waals surface area contributed by atoms with Gasteiger partial charge in [0, 0.05) is 0 Å². The van der Waals surface area contributed by atoms with E-state index >= 15 is 0 Å². The zero-order valence-corrected chi connectivity index (χ0v) is 12.5. The first-order valence-corrected chi connectivity index (χ1v) is 7.86. The van der Waals surface area contributed by atoms with Crippen molar-refractivity contribution in [2.45, 2.75) is 40.2 Å². The zero-order valence-electron chi connectivity index (χ0n) is 11.7. The molecule has 0 aliphatic heterocycles. The molecular weight excluding hydrogens is 258 g/mol. The lowest BCUT2D eigenvalue weighted by atomic mass is 10.0. The molecule has 1 atom stereocenters. The van der Waals surface area contributed by atoms with Crippen LogP contribution >= 0.6 is 0 Å². The fourth-order valence-electron chi connectivity index (χ4n) is 1.66. The summed E-state index contributed by atoms with van der Waals surface area (Å²) < 4.78 is 25.6. The number of rotatable bonds is 8. The van der Waals surface area contributed by atoms with E-state index in [0.717, 1.165) is 6.26 Å². The lowest BCUT2D eigenvalue weighted by Gasteiger charge is -2.28. The van der Waals surface area contributed by atoms with E-state index in [9.17, 15) is 13.2 Å². The molecule has 1 unspecified atom stereocenters. The summed E-state index contributed by atoms with van der Waals surface area (Å²) >= 11 is 0. The van der Waals surface area contributed by atoms with Crippen LogP contribution < -0.4 is 0 Å². The van der Waals surface area contributed by atoms with E-state index in [1.165, 1.54) is 0 Å². The van der Waals surface area contributed by atoms with Gasteiger partial charge in [-0.3, -0.25) is 9.79 Å². The van der Waals surface area contributed by atoms with Crippen molar-refractivity contribution < 1.29 is 22.4 Å². The van der Waals surface area contributed by atoms with Crippen LogP contribution in [0.5, 0.6) is 0 Å². The average Bonchev–Trinajstić information content (AvgIpc) is 2.24. The molecule has 18 heavy (non-hydrogen) atoms. The van der Waals surface area contributed by atoms with Gasteiger partial charge in [0.2, 0.25) is 0 Å². The molecule has 0 saturated heterocycles. The maximum atomic E-state index is 11.8. The standard InChI is InChI=1S/C11H23NO5S/c1-6-12(7-2)10(8-9(3)4)11(13)16-17-18(5,14)15/h9-10H,6-8H2,1-5H3. The van der Waals surface area contributed by atoms with Crippen LogP contribution in [-0.2, 0) is 24.1 Å². The van der Waals surface area contributed by atoms with Crippen molar-refractivity contribution in [2.24, 2.45) is 5.92 Å². The molecule has 0 radical (unpaired) electrons. The van der Waals surface area contributed by atoms with Gasteiger partial charge in [0.15, 0.2) is 0 Å². The Balaban J connectivity index is 4.68. The number of nitrogens with zero attached hydrogens (tertiary/aromatic N) is 1. The zero-order chi connectivity index (χ0) is 14.3. The van der Waals surface area contributed by atoms with Crippen LogP contribution in [0.1, 0.15) is 34.1 Å². The van der Waals surface area contributed by atoms with E-state index in [0.29, 0.717) is 25.4 Å². The first kappa shape index (κ1) is 17.3. The maximum absolute atomic E-state index is 11.8. The minimum atomic E-state index is -3.78. The largest absolute Gasteiger partial charge is 0.360 e. The first-order valence-electron chi connectivity index (χ1n) is 6.05. The first-order chi connectivity index (χ1) is 8.21. The molecule has 0 heterocycles. The van der Waals surface area contributed by atoms with E-state index in [2.05, 4.69) is 9.22 Å². The number of hydrogen-bond donors (Lipinski definition) is 0. The molecule has 0 amide bonds. The summed E-state index contributed by atoms with van der Waals surface area (Å²) in [6.45, 7) is 9.20. The second-order valence-corrected chi connectivity index (χ2v) is 6.09. The van der Waals surface area contributed by atoms with Crippen molar-refractivity contribution in [2.75, 3.05) is 19.3 Å². The molecule has 0 aliphatic rings. The van der Waals surface area contributed by atoms with Gasteiger partial charge in [-0.05, 0) is 25.4 Å². The number of carbonyl (C=O) groups is 1. The van der Waals surface area contributed by atoms with Crippen LogP contribution in [0.15, 0.2) is 0 Å². The molecule has 0 N–H and O–H groups in total. The van der Waals surface area contributed by atoms with Gasteiger partial charge < -0.3 is 0 Å². The Morgan fingerprint density at radius 1 is 1.22 bits per heavy atom. The second kappa shape index (κ2) is 7.70. The summed E-state index contributed by atoms with van der Waals surface area (Å²) in [7, 11) is -3.78. The summed E-state index contributed by atoms with van der Waals surface area (Å²) in [5, 5.41) is 0. The summed E-state index contributed by atoms with van der Waals surface area (Å²) in [6.07, 6.45) is 1.42. The van der Waals surface area contributed by atoms with Gasteiger partial charge in [0.25, 0.3) is 10.1 Å². The van der Waals surface area contributed by atoms with Crippen LogP contribution in [0, 0.1) is 5.92 Å². The molecule has 0 rings (SSSR count). The number of likely N-dealkylation sites (N-methyl/N-ethyl adjacent to an activating group) is 1. The fourth-order valence-corrected chi connectivity index (χ4v) is 1.85. The molecule has 108 valence electrons. The Labute approximate surface area is 109 Å². The highest BCUT2D eigenvalue weighted by molar-refractivity contribution is 7.85. The normalized spacial score (nSPS) is 13.9. The predicted molar refractivity (Wildman–Crippen MR) is 68.2 cm³/mol. The molecule has 7 heteroatoms. The lowest BCUT2D eigenvalue weighted by Crippen LogP contribution is -2.43. The Morgan fingerprint density at radius 2 is 1.72 bits per heavy atom. The predicted octanol–water partition coefficient (Wildman–Crippen LogP) is 1.18. The number of hydrogen-bond acceptors (Lipinski definition) is 6. The monoisotopic (exact) mass is 281 g/mol. The van der Waals surface area contributed by atoms with Gasteiger partial charge in [-0.15, -0.1) is 0 Å². The highest BCUT2D eigenvalue weighted by Gasteiger charge is 2.28. The van der Waals surface area contributed by atoms with E-state index in [4.69, 9.17) is 0 Å². The SMILES string of the molecule is CCN(CC)C(CC(C)C)C(=O)OOS(C)(=O)=O. The van der Waals surface area contributed by atoms with E-state index in [1.807, 2.05) is 32.6 Å². The van der Waals surface area contributed by atoms with E-state index < -0.39 is 22.1 Å². The van der Waals surface area contributed by atoms with Gasteiger partial charge in [-0.2, -0.15) is 8.42 Å². The summed E-state index contributed by atoms with van der Waals surface area (Å²) in [5.74, 6) is -0.376. The molecule has 6 nitrogen and oxygen atoms in total. The van der Waals surface area contributed by atoms with Crippen LogP contribution in [0.25, 0.3) is 0 Å². The van der Waals surface area contributed by atoms with E-state index in [-0.39, 0.29) is 0 Å². The third-order valence-corrected chi connectivity index (χ3v) is 2.77. The van der Waals surface area contributed by atoms with E-state index in [1.54, 1.807) is 0 Å². The minimum Gasteiger partial charge on any atom is -0.291 e. The molecule has 0 bridgehead atoms. The molecule has 0 spiro atoms. The second-order valence-electron chi connectivity index (χ2n) is 4.54. The van der Waals surface area contributed by atoms with Crippen LogP contribution in [-0.4, -0.2) is 44.7 Å². The topological polar surface area (TPSA) is 72.9 Å². The van der Waals surface area contributed by atoms with Gasteiger partial charge >= 0.3 is 5.97 Å². The van der Waals surface area contributed by atoms with Crippen LogP contribution in [0.3, 0.4) is 0 Å². The third kappa shape index (κ3) is 6.93. The average molecular weight is 281 g/mol. The Bertz CT molecular complexity index is 348. The molecule has 0 saturated carbocycles. The van der Waals surface area contributed by atoms with Crippen molar-refractivity contribution in [1.29, 1.82) is 0 Å². The number of carbonyl (C=O) groups excluding carboxylic acids is 1. The molecule has 0 fully saturated rings. The maximum Gasteiger partial charge on any atom is 0.360 e. The molecule has 0 aromatic carbocycles. The smallest absolute Gasteiger partial charge is 0.291 e. The lowest BCUT2D eigenvalue weighted by molar-refractivity contribution is -0.217. The minimum absolute atomic E-state index is 0.293. The van der Waals surface area contributed by atoms with Crippen molar-refractivity contribution in [3.05, 3.63) is 0 Å². The van der Waals surface area contributed by atoms with Gasteiger partial charge in [-0.1, -0.05) is 32.0 Å². The summed E-state index contributed by atoms with van der Waals surface area (Å²) in [4.78, 5) is 18.1. The summed E-state index contributed by atoms with van der Waals surface area (Å²) in [5.41, 5.74) is 0. The van der Waals surface area contributed by atoms with Crippen LogP contribution in [0.2, 0.25) is 0 Å². The van der Waals surface area contributed by atoms with Crippen molar-refractivity contribution in [1.82, 2.24) is 4.90 Å². The third-order valence-electron chi connectivity index (χ3n) is 2.46. The van der Waals surface area contributed by atoms with Crippen molar-refractivity contribution in [3.8, 4) is 0 Å². The quantitative estimate of drug-likeness (QED) is 0.491. The fraction of sp³-hybridized carbons (Fsp3) is 0.909. The Hall–Kier alpha value is -0.660. The van der Waals surface area contributed by atoms with Gasteiger partial charge in [0.1, 0.15) is 6.04 Å². The van der Waals surface area contributed by atoms with Gasteiger partial charge in [-0.25, -0.2) is 4.79 Å². The highest BCUT2D eigenvalue weighted by Crippen LogP contribution is 2.13. The Morgan fingerprint density at radius 3 is 2.06 bits per heavy atom. The van der Waals surface area contributed by atoms with Crippen molar-refractivity contribution in [3.63, 3.8) is 0 Å².